The van der Waals surface area contributed by atoms with Gasteiger partial charge in [0.05, 0.1) is 24.5 Å². The summed E-state index contributed by atoms with van der Waals surface area (Å²) in [5.41, 5.74) is 1.85. The highest BCUT2D eigenvalue weighted by atomic mass is 16.4. The summed E-state index contributed by atoms with van der Waals surface area (Å²) >= 11 is 0. The molecule has 1 amide bonds. The first-order valence-corrected chi connectivity index (χ1v) is 9.26. The number of hydrogen-bond acceptors (Lipinski definition) is 5. The molecular formula is C21H23N3O3. The van der Waals surface area contributed by atoms with E-state index < -0.39 is 0 Å². The van der Waals surface area contributed by atoms with Gasteiger partial charge in [0.2, 0.25) is 11.8 Å². The van der Waals surface area contributed by atoms with E-state index in [0.717, 1.165) is 42.2 Å². The minimum absolute atomic E-state index is 0.0355. The van der Waals surface area contributed by atoms with Gasteiger partial charge in [0, 0.05) is 12.1 Å². The first kappa shape index (κ1) is 17.5. The first-order chi connectivity index (χ1) is 13.2. The van der Waals surface area contributed by atoms with Gasteiger partial charge in [0.15, 0.2) is 0 Å². The Labute approximate surface area is 158 Å². The van der Waals surface area contributed by atoms with Crippen molar-refractivity contribution in [2.75, 3.05) is 6.54 Å². The average molecular weight is 365 g/mol. The molecule has 4 rings (SSSR count). The molecule has 6 heteroatoms. The van der Waals surface area contributed by atoms with Crippen molar-refractivity contribution in [1.82, 2.24) is 15.2 Å². The zero-order valence-corrected chi connectivity index (χ0v) is 15.4. The van der Waals surface area contributed by atoms with E-state index in [0.29, 0.717) is 19.0 Å². The normalized spacial score (nSPS) is 17.3. The Bertz CT molecular complexity index is 887. The molecule has 6 nitrogen and oxygen atoms in total. The zero-order chi connectivity index (χ0) is 18.6. The van der Waals surface area contributed by atoms with Crippen molar-refractivity contribution in [2.24, 2.45) is 0 Å². The molecule has 140 valence electrons. The lowest BCUT2D eigenvalue weighted by atomic mass is 10.2. The third kappa shape index (κ3) is 3.95. The summed E-state index contributed by atoms with van der Waals surface area (Å²) < 4.78 is 11.1. The van der Waals surface area contributed by atoms with Crippen molar-refractivity contribution in [1.29, 1.82) is 0 Å². The molecule has 0 radical (unpaired) electrons. The Kier molecular flexibility index (Phi) is 5.07. The highest BCUT2D eigenvalue weighted by Gasteiger charge is 2.31. The van der Waals surface area contributed by atoms with Crippen LogP contribution >= 0.6 is 0 Å². The van der Waals surface area contributed by atoms with Crippen molar-refractivity contribution in [3.63, 3.8) is 0 Å². The Hall–Kier alpha value is -2.86. The number of hydrogen-bond donors (Lipinski definition) is 1. The van der Waals surface area contributed by atoms with Crippen LogP contribution in [0.5, 0.6) is 0 Å². The minimum atomic E-state index is -0.142. The van der Waals surface area contributed by atoms with E-state index in [9.17, 15) is 4.79 Å². The molecule has 2 aromatic heterocycles. The molecule has 1 aliphatic rings. The lowest BCUT2D eigenvalue weighted by Gasteiger charge is -2.22. The minimum Gasteiger partial charge on any atom is -0.467 e. The number of carbonyl (C=O) groups excluding carboxylic acids is 1. The summed E-state index contributed by atoms with van der Waals surface area (Å²) in [5.74, 6) is 2.22. The molecule has 3 heterocycles. The van der Waals surface area contributed by atoms with Crippen LogP contribution in [0.3, 0.4) is 0 Å². The van der Waals surface area contributed by atoms with Gasteiger partial charge in [-0.1, -0.05) is 18.2 Å². The Morgan fingerprint density at radius 1 is 1.26 bits per heavy atom. The third-order valence-corrected chi connectivity index (χ3v) is 4.95. The summed E-state index contributed by atoms with van der Waals surface area (Å²) in [6, 6.07) is 13.4. The summed E-state index contributed by atoms with van der Waals surface area (Å²) in [4.78, 5) is 19.5. The lowest BCUT2D eigenvalue weighted by molar-refractivity contribution is -0.125. The SMILES string of the molecule is Cc1oc(-c2ccccc2)nc1CN1CCCC1C(=O)NCc1ccco1. The molecule has 1 fully saturated rings. The molecule has 1 N–H and O–H groups in total. The van der Waals surface area contributed by atoms with E-state index in [1.165, 1.54) is 0 Å². The van der Waals surface area contributed by atoms with Crippen LogP contribution in [0.4, 0.5) is 0 Å². The van der Waals surface area contributed by atoms with Crippen LogP contribution in [0, 0.1) is 6.92 Å². The van der Waals surface area contributed by atoms with Gasteiger partial charge >= 0.3 is 0 Å². The maximum atomic E-state index is 12.6. The number of nitrogens with one attached hydrogen (secondary N) is 1. The number of carbonyl (C=O) groups is 1. The van der Waals surface area contributed by atoms with Gasteiger partial charge < -0.3 is 14.2 Å². The van der Waals surface area contributed by atoms with Gasteiger partial charge in [0.25, 0.3) is 0 Å². The third-order valence-electron chi connectivity index (χ3n) is 4.95. The lowest BCUT2D eigenvalue weighted by Crippen LogP contribution is -2.42. The van der Waals surface area contributed by atoms with E-state index in [4.69, 9.17) is 8.83 Å². The van der Waals surface area contributed by atoms with Crippen LogP contribution < -0.4 is 5.32 Å². The number of benzene rings is 1. The standard InChI is InChI=1S/C21H23N3O3/c1-15-18(23-21(27-15)16-7-3-2-4-8-16)14-24-11-5-10-19(24)20(25)22-13-17-9-6-12-26-17/h2-4,6-9,12,19H,5,10-11,13-14H2,1H3,(H,22,25). The fourth-order valence-corrected chi connectivity index (χ4v) is 3.49. The maximum Gasteiger partial charge on any atom is 0.237 e. The van der Waals surface area contributed by atoms with Gasteiger partial charge in [-0.05, 0) is 50.6 Å². The number of likely N-dealkylation sites (tertiary alicyclic amines) is 1. The number of amides is 1. The summed E-state index contributed by atoms with van der Waals surface area (Å²) in [6.07, 6.45) is 3.47. The predicted molar refractivity (Wildman–Crippen MR) is 101 cm³/mol. The smallest absolute Gasteiger partial charge is 0.237 e. The molecule has 1 unspecified atom stereocenters. The molecular weight excluding hydrogens is 342 g/mol. The second-order valence-electron chi connectivity index (χ2n) is 6.81. The zero-order valence-electron chi connectivity index (χ0n) is 15.4. The number of rotatable bonds is 6. The van der Waals surface area contributed by atoms with Crippen LogP contribution in [0.1, 0.15) is 30.1 Å². The van der Waals surface area contributed by atoms with Crippen LogP contribution in [0.15, 0.2) is 57.6 Å². The van der Waals surface area contributed by atoms with Crippen LogP contribution in [0.2, 0.25) is 0 Å². The highest BCUT2D eigenvalue weighted by molar-refractivity contribution is 5.82. The summed E-state index contributed by atoms with van der Waals surface area (Å²) in [5, 5.41) is 2.97. The van der Waals surface area contributed by atoms with Gasteiger partial charge in [-0.2, -0.15) is 0 Å². The van der Waals surface area contributed by atoms with Crippen molar-refractivity contribution < 1.29 is 13.6 Å². The van der Waals surface area contributed by atoms with Gasteiger partial charge in [-0.3, -0.25) is 9.69 Å². The molecule has 0 aliphatic carbocycles. The molecule has 1 atom stereocenters. The highest BCUT2D eigenvalue weighted by Crippen LogP contribution is 2.25. The van der Waals surface area contributed by atoms with Crippen molar-refractivity contribution in [3.05, 3.63) is 65.9 Å². The fourth-order valence-electron chi connectivity index (χ4n) is 3.49. The largest absolute Gasteiger partial charge is 0.467 e. The fraction of sp³-hybridized carbons (Fsp3) is 0.333. The van der Waals surface area contributed by atoms with Crippen LogP contribution in [-0.2, 0) is 17.9 Å². The molecule has 1 aromatic carbocycles. The Balaban J connectivity index is 1.42. The molecule has 3 aromatic rings. The van der Waals surface area contributed by atoms with Gasteiger partial charge in [-0.15, -0.1) is 0 Å². The molecule has 27 heavy (non-hydrogen) atoms. The molecule has 0 bridgehead atoms. The van der Waals surface area contributed by atoms with Crippen molar-refractivity contribution in [2.45, 2.75) is 38.9 Å². The number of aryl methyl sites for hydroxylation is 1. The Morgan fingerprint density at radius 3 is 2.89 bits per heavy atom. The second-order valence-corrected chi connectivity index (χ2v) is 6.81. The van der Waals surface area contributed by atoms with Crippen molar-refractivity contribution in [3.8, 4) is 11.5 Å². The van der Waals surface area contributed by atoms with E-state index in [1.807, 2.05) is 49.4 Å². The van der Waals surface area contributed by atoms with E-state index >= 15 is 0 Å². The average Bonchev–Trinajstić information content (AvgIpc) is 3.43. The number of oxazole rings is 1. The Morgan fingerprint density at radius 2 is 2.11 bits per heavy atom. The quantitative estimate of drug-likeness (QED) is 0.724. The molecule has 1 aliphatic heterocycles. The van der Waals surface area contributed by atoms with Gasteiger partial charge in [-0.25, -0.2) is 4.98 Å². The van der Waals surface area contributed by atoms with Crippen molar-refractivity contribution >= 4 is 5.91 Å². The van der Waals surface area contributed by atoms with E-state index in [1.54, 1.807) is 6.26 Å². The first-order valence-electron chi connectivity index (χ1n) is 9.26. The maximum absolute atomic E-state index is 12.6. The monoisotopic (exact) mass is 365 g/mol. The second kappa shape index (κ2) is 7.80. The van der Waals surface area contributed by atoms with E-state index in [2.05, 4.69) is 15.2 Å². The molecule has 1 saturated heterocycles. The number of nitrogens with zero attached hydrogens (tertiary/aromatic N) is 2. The summed E-state index contributed by atoms with van der Waals surface area (Å²) in [6.45, 7) is 3.83. The van der Waals surface area contributed by atoms with Crippen LogP contribution in [-0.4, -0.2) is 28.4 Å². The molecule has 0 saturated carbocycles. The number of furan rings is 1. The van der Waals surface area contributed by atoms with Gasteiger partial charge in [0.1, 0.15) is 11.5 Å². The topological polar surface area (TPSA) is 71.5 Å². The summed E-state index contributed by atoms with van der Waals surface area (Å²) in [7, 11) is 0. The number of aromatic nitrogens is 1. The molecule has 0 spiro atoms. The van der Waals surface area contributed by atoms with E-state index in [-0.39, 0.29) is 11.9 Å². The van der Waals surface area contributed by atoms with Crippen LogP contribution in [0.25, 0.3) is 11.5 Å². The predicted octanol–water partition coefficient (Wildman–Crippen LogP) is 3.52.